The second-order valence-electron chi connectivity index (χ2n) is 4.57. The molecule has 0 bridgehead atoms. The van der Waals surface area contributed by atoms with Gasteiger partial charge in [0.25, 0.3) is 5.91 Å². The summed E-state index contributed by atoms with van der Waals surface area (Å²) in [4.78, 5) is 13.9. The third-order valence-electron chi connectivity index (χ3n) is 2.92. The number of nitrogens with zero attached hydrogens (tertiary/aromatic N) is 1. The average molecular weight is 335 g/mol. The van der Waals surface area contributed by atoms with E-state index in [-0.39, 0.29) is 11.7 Å². The molecule has 3 N–H and O–H groups in total. The van der Waals surface area contributed by atoms with Crippen molar-refractivity contribution in [2.45, 2.75) is 6.54 Å². The van der Waals surface area contributed by atoms with Gasteiger partial charge in [-0.25, -0.2) is 0 Å². The van der Waals surface area contributed by atoms with Crippen molar-refractivity contribution in [3.63, 3.8) is 0 Å². The summed E-state index contributed by atoms with van der Waals surface area (Å²) in [6, 6.07) is 12.0. The van der Waals surface area contributed by atoms with E-state index in [0.29, 0.717) is 22.3 Å². The maximum absolute atomic E-state index is 12.3. The lowest BCUT2D eigenvalue weighted by Gasteiger charge is -2.18. The SMILES string of the molecule is CN(Cc1cccc(O)c1)C(=O)c1ccc(N)c(Br)c1. The highest BCUT2D eigenvalue weighted by molar-refractivity contribution is 9.10. The minimum absolute atomic E-state index is 0.103. The number of benzene rings is 2. The first kappa shape index (κ1) is 14.4. The van der Waals surface area contributed by atoms with Crippen molar-refractivity contribution < 1.29 is 9.90 Å². The molecule has 1 amide bonds. The number of aromatic hydroxyl groups is 1. The number of amides is 1. The standard InChI is InChI=1S/C15H15BrN2O2/c1-18(9-10-3-2-4-12(19)7-10)15(20)11-5-6-14(17)13(16)8-11/h2-8,19H,9,17H2,1H3. The molecule has 0 aliphatic rings. The van der Waals surface area contributed by atoms with E-state index in [1.165, 1.54) is 0 Å². The van der Waals surface area contributed by atoms with Crippen LogP contribution in [-0.2, 0) is 6.54 Å². The summed E-state index contributed by atoms with van der Waals surface area (Å²) in [7, 11) is 1.72. The van der Waals surface area contributed by atoms with Crippen LogP contribution in [0.2, 0.25) is 0 Å². The summed E-state index contributed by atoms with van der Waals surface area (Å²) in [5.74, 6) is 0.0904. The first-order valence-electron chi connectivity index (χ1n) is 6.06. The molecule has 0 unspecified atom stereocenters. The molecular weight excluding hydrogens is 320 g/mol. The predicted octanol–water partition coefficient (Wildman–Crippen LogP) is 3.01. The van der Waals surface area contributed by atoms with Gasteiger partial charge in [0.1, 0.15) is 5.75 Å². The number of hydrogen-bond donors (Lipinski definition) is 2. The number of carbonyl (C=O) groups excluding carboxylic acids is 1. The maximum Gasteiger partial charge on any atom is 0.253 e. The van der Waals surface area contributed by atoms with E-state index in [9.17, 15) is 9.90 Å². The van der Waals surface area contributed by atoms with Crippen LogP contribution in [0.25, 0.3) is 0 Å². The third-order valence-corrected chi connectivity index (χ3v) is 3.61. The Labute approximate surface area is 126 Å². The van der Waals surface area contributed by atoms with E-state index in [0.717, 1.165) is 5.56 Å². The molecular formula is C15H15BrN2O2. The maximum atomic E-state index is 12.3. The van der Waals surface area contributed by atoms with Gasteiger partial charge in [0.15, 0.2) is 0 Å². The number of halogens is 1. The van der Waals surface area contributed by atoms with Crippen LogP contribution in [0.3, 0.4) is 0 Å². The monoisotopic (exact) mass is 334 g/mol. The molecule has 2 rings (SSSR count). The van der Waals surface area contributed by atoms with Crippen molar-refractivity contribution in [2.75, 3.05) is 12.8 Å². The molecule has 4 nitrogen and oxygen atoms in total. The molecule has 2 aromatic rings. The van der Waals surface area contributed by atoms with Crippen molar-refractivity contribution in [2.24, 2.45) is 0 Å². The number of phenolic OH excluding ortho intramolecular Hbond substituents is 1. The highest BCUT2D eigenvalue weighted by atomic mass is 79.9. The van der Waals surface area contributed by atoms with Gasteiger partial charge in [-0.05, 0) is 51.8 Å². The minimum Gasteiger partial charge on any atom is -0.508 e. The van der Waals surface area contributed by atoms with Crippen LogP contribution in [0.15, 0.2) is 46.9 Å². The smallest absolute Gasteiger partial charge is 0.253 e. The van der Waals surface area contributed by atoms with Gasteiger partial charge in [0.2, 0.25) is 0 Å². The van der Waals surface area contributed by atoms with Crippen molar-refractivity contribution >= 4 is 27.5 Å². The Hall–Kier alpha value is -2.01. The second-order valence-corrected chi connectivity index (χ2v) is 5.42. The predicted molar refractivity (Wildman–Crippen MR) is 82.5 cm³/mol. The molecule has 0 radical (unpaired) electrons. The summed E-state index contributed by atoms with van der Waals surface area (Å²) in [6.07, 6.45) is 0. The second kappa shape index (κ2) is 5.96. The van der Waals surface area contributed by atoms with E-state index in [1.54, 1.807) is 48.3 Å². The molecule has 0 atom stereocenters. The summed E-state index contributed by atoms with van der Waals surface area (Å²) in [5.41, 5.74) is 7.73. The average Bonchev–Trinajstić information content (AvgIpc) is 2.41. The first-order chi connectivity index (χ1) is 9.47. The van der Waals surface area contributed by atoms with E-state index < -0.39 is 0 Å². The molecule has 0 fully saturated rings. The molecule has 5 heteroatoms. The van der Waals surface area contributed by atoms with E-state index in [2.05, 4.69) is 15.9 Å². The Morgan fingerprint density at radius 3 is 2.70 bits per heavy atom. The summed E-state index contributed by atoms with van der Waals surface area (Å²) in [5, 5.41) is 9.42. The van der Waals surface area contributed by atoms with Crippen LogP contribution in [0, 0.1) is 0 Å². The lowest BCUT2D eigenvalue weighted by Crippen LogP contribution is -2.26. The van der Waals surface area contributed by atoms with Crippen LogP contribution in [0.1, 0.15) is 15.9 Å². The number of phenols is 1. The lowest BCUT2D eigenvalue weighted by molar-refractivity contribution is 0.0785. The number of hydrogen-bond acceptors (Lipinski definition) is 3. The van der Waals surface area contributed by atoms with Crippen LogP contribution in [0.4, 0.5) is 5.69 Å². The van der Waals surface area contributed by atoms with Gasteiger partial charge in [0.05, 0.1) is 0 Å². The van der Waals surface area contributed by atoms with Crippen molar-refractivity contribution in [3.05, 3.63) is 58.1 Å². The number of anilines is 1. The van der Waals surface area contributed by atoms with Gasteiger partial charge in [-0.1, -0.05) is 12.1 Å². The summed E-state index contributed by atoms with van der Waals surface area (Å²) < 4.78 is 0.703. The summed E-state index contributed by atoms with van der Waals surface area (Å²) in [6.45, 7) is 0.426. The van der Waals surface area contributed by atoms with Crippen LogP contribution < -0.4 is 5.73 Å². The molecule has 0 saturated carbocycles. The highest BCUT2D eigenvalue weighted by Crippen LogP contribution is 2.21. The van der Waals surface area contributed by atoms with Crippen LogP contribution in [0.5, 0.6) is 5.75 Å². The quantitative estimate of drug-likeness (QED) is 0.848. The fraction of sp³-hybridized carbons (Fsp3) is 0.133. The Kier molecular flexibility index (Phi) is 4.29. The van der Waals surface area contributed by atoms with Crippen molar-refractivity contribution in [1.29, 1.82) is 0 Å². The third kappa shape index (κ3) is 3.30. The Morgan fingerprint density at radius 1 is 1.30 bits per heavy atom. The van der Waals surface area contributed by atoms with E-state index in [1.807, 2.05) is 6.07 Å². The largest absolute Gasteiger partial charge is 0.508 e. The van der Waals surface area contributed by atoms with Crippen LogP contribution >= 0.6 is 15.9 Å². The number of nitrogens with two attached hydrogens (primary N) is 1. The van der Waals surface area contributed by atoms with E-state index in [4.69, 9.17) is 5.73 Å². The fourth-order valence-electron chi connectivity index (χ4n) is 1.88. The molecule has 0 aromatic heterocycles. The molecule has 104 valence electrons. The Morgan fingerprint density at radius 2 is 2.05 bits per heavy atom. The molecule has 0 aliphatic heterocycles. The minimum atomic E-state index is -0.103. The van der Waals surface area contributed by atoms with Gasteiger partial charge < -0.3 is 15.7 Å². The van der Waals surface area contributed by atoms with Crippen molar-refractivity contribution in [1.82, 2.24) is 4.90 Å². The number of rotatable bonds is 3. The molecule has 2 aromatic carbocycles. The lowest BCUT2D eigenvalue weighted by atomic mass is 10.1. The first-order valence-corrected chi connectivity index (χ1v) is 6.85. The zero-order valence-corrected chi connectivity index (χ0v) is 12.6. The van der Waals surface area contributed by atoms with E-state index >= 15 is 0 Å². The van der Waals surface area contributed by atoms with Gasteiger partial charge in [-0.15, -0.1) is 0 Å². The zero-order valence-electron chi connectivity index (χ0n) is 11.0. The topological polar surface area (TPSA) is 66.6 Å². The Bertz CT molecular complexity index is 644. The molecule has 20 heavy (non-hydrogen) atoms. The highest BCUT2D eigenvalue weighted by Gasteiger charge is 2.13. The number of nitrogen functional groups attached to an aromatic ring is 1. The fourth-order valence-corrected chi connectivity index (χ4v) is 2.26. The number of carbonyl (C=O) groups is 1. The molecule has 0 spiro atoms. The normalized spacial score (nSPS) is 10.3. The van der Waals surface area contributed by atoms with Gasteiger partial charge in [-0.3, -0.25) is 4.79 Å². The Balaban J connectivity index is 2.14. The molecule has 0 aliphatic carbocycles. The zero-order chi connectivity index (χ0) is 14.7. The molecule has 0 saturated heterocycles. The van der Waals surface area contributed by atoms with Crippen molar-refractivity contribution in [3.8, 4) is 5.75 Å². The summed E-state index contributed by atoms with van der Waals surface area (Å²) >= 11 is 3.31. The van der Waals surface area contributed by atoms with Gasteiger partial charge in [-0.2, -0.15) is 0 Å². The van der Waals surface area contributed by atoms with Gasteiger partial charge in [0, 0.05) is 29.3 Å². The van der Waals surface area contributed by atoms with Gasteiger partial charge >= 0.3 is 0 Å². The molecule has 0 heterocycles. The van der Waals surface area contributed by atoms with Crippen LogP contribution in [-0.4, -0.2) is 23.0 Å².